The molecule has 0 aliphatic carbocycles. The molecule has 1 rings (SSSR count). The summed E-state index contributed by atoms with van der Waals surface area (Å²) in [6, 6.07) is 8.51. The Balaban J connectivity index is 2.42. The summed E-state index contributed by atoms with van der Waals surface area (Å²) in [5, 5.41) is 3.51. The molecule has 0 aliphatic rings. The van der Waals surface area contributed by atoms with Crippen LogP contribution in [0.2, 0.25) is 0 Å². The highest BCUT2D eigenvalue weighted by atomic mass is 16.5. The van der Waals surface area contributed by atoms with E-state index in [2.05, 4.69) is 38.2 Å². The van der Waals surface area contributed by atoms with Crippen LogP contribution in [0.3, 0.4) is 0 Å². The van der Waals surface area contributed by atoms with E-state index < -0.39 is 0 Å². The number of rotatable bonds is 7. The van der Waals surface area contributed by atoms with Crippen LogP contribution in [0.15, 0.2) is 24.3 Å². The minimum absolute atomic E-state index is 0.0629. The number of hydrogen-bond acceptors (Lipinski definition) is 3. The third-order valence-corrected chi connectivity index (χ3v) is 3.35. The highest BCUT2D eigenvalue weighted by Gasteiger charge is 2.16. The number of methoxy groups -OCH3 is 2. The van der Waals surface area contributed by atoms with E-state index in [0.717, 1.165) is 18.7 Å². The molecule has 0 aromatic heterocycles. The summed E-state index contributed by atoms with van der Waals surface area (Å²) >= 11 is 0. The van der Waals surface area contributed by atoms with E-state index in [4.69, 9.17) is 9.47 Å². The Kier molecular flexibility index (Phi) is 5.63. The standard InChI is InChI=1S/C15H25NO2/c1-12(16-11-10-15(2,3)18-5)13-6-8-14(17-4)9-7-13/h6-9,12,16H,10-11H2,1-5H3. The summed E-state index contributed by atoms with van der Waals surface area (Å²) < 4.78 is 10.6. The van der Waals surface area contributed by atoms with Gasteiger partial charge >= 0.3 is 0 Å². The van der Waals surface area contributed by atoms with Crippen LogP contribution in [0, 0.1) is 0 Å². The number of ether oxygens (including phenoxy) is 2. The lowest BCUT2D eigenvalue weighted by atomic mass is 10.0. The van der Waals surface area contributed by atoms with Crippen molar-refractivity contribution in [1.82, 2.24) is 5.32 Å². The van der Waals surface area contributed by atoms with Gasteiger partial charge in [-0.25, -0.2) is 0 Å². The molecule has 0 fully saturated rings. The van der Waals surface area contributed by atoms with Gasteiger partial charge in [0.25, 0.3) is 0 Å². The highest BCUT2D eigenvalue weighted by Crippen LogP contribution is 2.18. The lowest BCUT2D eigenvalue weighted by molar-refractivity contribution is 0.0154. The van der Waals surface area contributed by atoms with Gasteiger partial charge in [-0.3, -0.25) is 0 Å². The van der Waals surface area contributed by atoms with Crippen molar-refractivity contribution < 1.29 is 9.47 Å². The maximum Gasteiger partial charge on any atom is 0.118 e. The van der Waals surface area contributed by atoms with Crippen LogP contribution in [-0.4, -0.2) is 26.4 Å². The lowest BCUT2D eigenvalue weighted by Crippen LogP contribution is -2.30. The van der Waals surface area contributed by atoms with Gasteiger partial charge < -0.3 is 14.8 Å². The van der Waals surface area contributed by atoms with Crippen LogP contribution < -0.4 is 10.1 Å². The average Bonchev–Trinajstić information content (AvgIpc) is 2.38. The van der Waals surface area contributed by atoms with Crippen molar-refractivity contribution >= 4 is 0 Å². The number of benzene rings is 1. The summed E-state index contributed by atoms with van der Waals surface area (Å²) in [5.74, 6) is 0.895. The Bertz CT molecular complexity index is 346. The molecule has 0 heterocycles. The number of hydrogen-bond donors (Lipinski definition) is 1. The van der Waals surface area contributed by atoms with E-state index >= 15 is 0 Å². The van der Waals surface area contributed by atoms with Gasteiger partial charge in [-0.05, 0) is 51.4 Å². The lowest BCUT2D eigenvalue weighted by Gasteiger charge is -2.24. The predicted octanol–water partition coefficient (Wildman–Crippen LogP) is 3.16. The Morgan fingerprint density at radius 3 is 2.28 bits per heavy atom. The van der Waals surface area contributed by atoms with Crippen molar-refractivity contribution in [2.75, 3.05) is 20.8 Å². The summed E-state index contributed by atoms with van der Waals surface area (Å²) in [5.41, 5.74) is 1.21. The van der Waals surface area contributed by atoms with Crippen LogP contribution in [0.25, 0.3) is 0 Å². The topological polar surface area (TPSA) is 30.5 Å². The fourth-order valence-corrected chi connectivity index (χ4v) is 1.70. The van der Waals surface area contributed by atoms with Gasteiger partial charge in [-0.1, -0.05) is 12.1 Å². The first-order chi connectivity index (χ1) is 8.48. The van der Waals surface area contributed by atoms with E-state index in [9.17, 15) is 0 Å². The molecule has 3 nitrogen and oxygen atoms in total. The molecule has 0 bridgehead atoms. The SMILES string of the molecule is COc1ccc(C(C)NCCC(C)(C)OC)cc1. The first-order valence-corrected chi connectivity index (χ1v) is 6.41. The monoisotopic (exact) mass is 251 g/mol. The molecule has 3 heteroatoms. The summed E-state index contributed by atoms with van der Waals surface area (Å²) in [4.78, 5) is 0. The maximum atomic E-state index is 5.40. The Labute approximate surface area is 110 Å². The zero-order valence-electron chi connectivity index (χ0n) is 12.1. The minimum atomic E-state index is -0.0629. The second-order valence-electron chi connectivity index (χ2n) is 5.16. The van der Waals surface area contributed by atoms with Gasteiger partial charge in [0.05, 0.1) is 12.7 Å². The van der Waals surface area contributed by atoms with Crippen molar-refractivity contribution in [3.05, 3.63) is 29.8 Å². The highest BCUT2D eigenvalue weighted by molar-refractivity contribution is 5.28. The molecule has 0 aliphatic heterocycles. The zero-order chi connectivity index (χ0) is 13.6. The van der Waals surface area contributed by atoms with Gasteiger partial charge in [0, 0.05) is 13.2 Å². The van der Waals surface area contributed by atoms with Crippen LogP contribution in [0.1, 0.15) is 38.8 Å². The third kappa shape index (κ3) is 4.67. The molecule has 0 saturated carbocycles. The first kappa shape index (κ1) is 15.0. The fraction of sp³-hybridized carbons (Fsp3) is 0.600. The molecule has 0 radical (unpaired) electrons. The quantitative estimate of drug-likeness (QED) is 0.807. The Morgan fingerprint density at radius 1 is 1.17 bits per heavy atom. The molecule has 1 N–H and O–H groups in total. The van der Waals surface area contributed by atoms with E-state index in [1.54, 1.807) is 14.2 Å². The Morgan fingerprint density at radius 2 is 1.78 bits per heavy atom. The molecule has 1 unspecified atom stereocenters. The van der Waals surface area contributed by atoms with Crippen LogP contribution in [0.5, 0.6) is 5.75 Å². The molecular formula is C15H25NO2. The molecule has 0 saturated heterocycles. The van der Waals surface area contributed by atoms with Gasteiger partial charge in [0.15, 0.2) is 0 Å². The normalized spacial score (nSPS) is 13.4. The second kappa shape index (κ2) is 6.76. The van der Waals surface area contributed by atoms with Crippen molar-refractivity contribution in [3.63, 3.8) is 0 Å². The van der Waals surface area contributed by atoms with Gasteiger partial charge in [0.1, 0.15) is 5.75 Å². The van der Waals surface area contributed by atoms with Crippen LogP contribution in [0.4, 0.5) is 0 Å². The summed E-state index contributed by atoms with van der Waals surface area (Å²) in [6.07, 6.45) is 0.990. The van der Waals surface area contributed by atoms with Crippen LogP contribution >= 0.6 is 0 Å². The largest absolute Gasteiger partial charge is 0.497 e. The van der Waals surface area contributed by atoms with E-state index in [0.29, 0.717) is 6.04 Å². The smallest absolute Gasteiger partial charge is 0.118 e. The van der Waals surface area contributed by atoms with Crippen LogP contribution in [-0.2, 0) is 4.74 Å². The molecular weight excluding hydrogens is 226 g/mol. The third-order valence-electron chi connectivity index (χ3n) is 3.35. The van der Waals surface area contributed by atoms with E-state index in [1.807, 2.05) is 12.1 Å². The molecule has 18 heavy (non-hydrogen) atoms. The number of nitrogens with one attached hydrogen (secondary N) is 1. The summed E-state index contributed by atoms with van der Waals surface area (Å²) in [7, 11) is 3.44. The predicted molar refractivity (Wildman–Crippen MR) is 75.1 cm³/mol. The molecule has 0 amide bonds. The molecule has 1 aromatic rings. The minimum Gasteiger partial charge on any atom is -0.497 e. The maximum absolute atomic E-state index is 5.40. The van der Waals surface area contributed by atoms with Gasteiger partial charge in [-0.15, -0.1) is 0 Å². The van der Waals surface area contributed by atoms with Crippen molar-refractivity contribution in [1.29, 1.82) is 0 Å². The van der Waals surface area contributed by atoms with Crippen molar-refractivity contribution in [3.8, 4) is 5.75 Å². The summed E-state index contributed by atoms with van der Waals surface area (Å²) in [6.45, 7) is 7.31. The van der Waals surface area contributed by atoms with E-state index in [-0.39, 0.29) is 5.60 Å². The van der Waals surface area contributed by atoms with E-state index in [1.165, 1.54) is 5.56 Å². The molecule has 1 aromatic carbocycles. The van der Waals surface area contributed by atoms with Crippen molar-refractivity contribution in [2.24, 2.45) is 0 Å². The fourth-order valence-electron chi connectivity index (χ4n) is 1.70. The first-order valence-electron chi connectivity index (χ1n) is 6.41. The van der Waals surface area contributed by atoms with Gasteiger partial charge in [-0.2, -0.15) is 0 Å². The molecule has 1 atom stereocenters. The Hall–Kier alpha value is -1.06. The average molecular weight is 251 g/mol. The van der Waals surface area contributed by atoms with Crippen molar-refractivity contribution in [2.45, 2.75) is 38.8 Å². The molecule has 0 spiro atoms. The van der Waals surface area contributed by atoms with Gasteiger partial charge in [0.2, 0.25) is 0 Å². The second-order valence-corrected chi connectivity index (χ2v) is 5.16. The zero-order valence-corrected chi connectivity index (χ0v) is 12.1. The molecule has 102 valence electrons.